The number of nitrogens with zero attached hydrogens (tertiary/aromatic N) is 2. The van der Waals surface area contributed by atoms with E-state index in [1.807, 2.05) is 25.9 Å². The van der Waals surface area contributed by atoms with E-state index in [9.17, 15) is 4.79 Å². The minimum absolute atomic E-state index is 0.0465. The van der Waals surface area contributed by atoms with Crippen molar-refractivity contribution in [3.63, 3.8) is 0 Å². The van der Waals surface area contributed by atoms with Crippen molar-refractivity contribution in [3.8, 4) is 5.95 Å². The largest absolute Gasteiger partial charge is 0.467 e. The molecule has 1 aromatic rings. The summed E-state index contributed by atoms with van der Waals surface area (Å²) in [7, 11) is 5.35. The lowest BCUT2D eigenvalue weighted by Crippen LogP contribution is -2.39. The molecule has 90 valence electrons. The molecular formula is C10H17N3O3. The lowest BCUT2D eigenvalue weighted by atomic mass is 10.3. The van der Waals surface area contributed by atoms with Crippen molar-refractivity contribution in [3.05, 3.63) is 11.8 Å². The molecule has 6 heteroatoms. The van der Waals surface area contributed by atoms with Gasteiger partial charge >= 0.3 is 5.95 Å². The van der Waals surface area contributed by atoms with Gasteiger partial charge in [0.1, 0.15) is 0 Å². The first kappa shape index (κ1) is 12.5. The molecule has 0 aromatic carbocycles. The zero-order valence-electron chi connectivity index (χ0n) is 9.98. The molecule has 1 atom stereocenters. The van der Waals surface area contributed by atoms with Gasteiger partial charge in [-0.25, -0.2) is 0 Å². The Bertz CT molecular complexity index is 349. The van der Waals surface area contributed by atoms with Crippen molar-refractivity contribution in [2.24, 2.45) is 0 Å². The highest BCUT2D eigenvalue weighted by Crippen LogP contribution is 2.11. The summed E-state index contributed by atoms with van der Waals surface area (Å²) in [5.74, 6) is -0.0354. The van der Waals surface area contributed by atoms with E-state index in [-0.39, 0.29) is 23.6 Å². The standard InChI is InChI=1S/C10H17N3O3/c1-7(6-13(2)3)11-10(14)8-5-9(15-4)16-12-8/h5,7H,6H2,1-4H3,(H,11,14). The van der Waals surface area contributed by atoms with Crippen molar-refractivity contribution in [2.75, 3.05) is 27.7 Å². The molecule has 1 aromatic heterocycles. The predicted octanol–water partition coefficient (Wildman–Crippen LogP) is 0.363. The molecule has 1 heterocycles. The fraction of sp³-hybridized carbons (Fsp3) is 0.600. The number of likely N-dealkylation sites (N-methyl/N-ethyl adjacent to an activating group) is 1. The molecule has 0 spiro atoms. The Hall–Kier alpha value is -1.56. The fourth-order valence-electron chi connectivity index (χ4n) is 1.35. The van der Waals surface area contributed by atoms with E-state index in [2.05, 4.69) is 10.5 Å². The van der Waals surface area contributed by atoms with Crippen LogP contribution in [0.1, 0.15) is 17.4 Å². The number of nitrogens with one attached hydrogen (secondary N) is 1. The number of hydrogen-bond donors (Lipinski definition) is 1. The molecule has 0 aliphatic carbocycles. The van der Waals surface area contributed by atoms with Gasteiger partial charge in [-0.15, -0.1) is 0 Å². The maximum atomic E-state index is 11.7. The summed E-state index contributed by atoms with van der Waals surface area (Å²) in [6, 6.07) is 1.50. The van der Waals surface area contributed by atoms with E-state index in [1.54, 1.807) is 0 Å². The van der Waals surface area contributed by atoms with Gasteiger partial charge < -0.3 is 19.5 Å². The average molecular weight is 227 g/mol. The van der Waals surface area contributed by atoms with E-state index in [0.29, 0.717) is 0 Å². The molecule has 0 aliphatic heterocycles. The smallest absolute Gasteiger partial charge is 0.311 e. The maximum absolute atomic E-state index is 11.7. The fourth-order valence-corrected chi connectivity index (χ4v) is 1.35. The van der Waals surface area contributed by atoms with E-state index < -0.39 is 0 Å². The molecule has 1 amide bonds. The average Bonchev–Trinajstić information content (AvgIpc) is 2.64. The minimum atomic E-state index is -0.263. The van der Waals surface area contributed by atoms with Gasteiger partial charge in [0.25, 0.3) is 5.91 Å². The SMILES string of the molecule is COc1cc(C(=O)NC(C)CN(C)C)no1. The summed E-state index contributed by atoms with van der Waals surface area (Å²) < 4.78 is 9.55. The first-order valence-electron chi connectivity index (χ1n) is 4.99. The third-order valence-electron chi connectivity index (χ3n) is 1.94. The van der Waals surface area contributed by atoms with Gasteiger partial charge in [0.15, 0.2) is 5.69 Å². The van der Waals surface area contributed by atoms with Crippen LogP contribution in [-0.2, 0) is 0 Å². The van der Waals surface area contributed by atoms with E-state index in [1.165, 1.54) is 13.2 Å². The van der Waals surface area contributed by atoms with Crippen molar-refractivity contribution in [1.29, 1.82) is 0 Å². The van der Waals surface area contributed by atoms with Crippen LogP contribution in [0.3, 0.4) is 0 Å². The van der Waals surface area contributed by atoms with Gasteiger partial charge in [0, 0.05) is 12.6 Å². The van der Waals surface area contributed by atoms with Crippen molar-refractivity contribution < 1.29 is 14.1 Å². The number of methoxy groups -OCH3 is 1. The van der Waals surface area contributed by atoms with Crippen LogP contribution in [0.4, 0.5) is 0 Å². The lowest BCUT2D eigenvalue weighted by molar-refractivity contribution is 0.0925. The van der Waals surface area contributed by atoms with Crippen LogP contribution in [0, 0.1) is 0 Å². The van der Waals surface area contributed by atoms with Crippen LogP contribution >= 0.6 is 0 Å². The molecule has 6 nitrogen and oxygen atoms in total. The lowest BCUT2D eigenvalue weighted by Gasteiger charge is -2.17. The summed E-state index contributed by atoms with van der Waals surface area (Å²) in [5, 5.41) is 6.40. The molecule has 0 radical (unpaired) electrons. The number of carbonyl (C=O) groups excluding carboxylic acids is 1. The summed E-state index contributed by atoms with van der Waals surface area (Å²) >= 11 is 0. The Balaban J connectivity index is 2.51. The number of ether oxygens (including phenoxy) is 1. The predicted molar refractivity (Wildman–Crippen MR) is 58.5 cm³/mol. The van der Waals surface area contributed by atoms with Gasteiger partial charge in [-0.05, 0) is 21.0 Å². The third-order valence-corrected chi connectivity index (χ3v) is 1.94. The van der Waals surface area contributed by atoms with Crippen molar-refractivity contribution >= 4 is 5.91 Å². The molecule has 0 aliphatic rings. The van der Waals surface area contributed by atoms with Crippen LogP contribution in [0.2, 0.25) is 0 Å². The zero-order chi connectivity index (χ0) is 12.1. The van der Waals surface area contributed by atoms with Crippen LogP contribution in [0.25, 0.3) is 0 Å². The monoisotopic (exact) mass is 227 g/mol. The van der Waals surface area contributed by atoms with E-state index in [0.717, 1.165) is 6.54 Å². The highest BCUT2D eigenvalue weighted by atomic mass is 16.6. The summed E-state index contributed by atoms with van der Waals surface area (Å²) in [5.41, 5.74) is 0.224. The molecule has 1 rings (SSSR count). The molecule has 0 saturated carbocycles. The summed E-state index contributed by atoms with van der Waals surface area (Å²) in [6.07, 6.45) is 0. The highest BCUT2D eigenvalue weighted by Gasteiger charge is 2.15. The normalized spacial score (nSPS) is 12.6. The third kappa shape index (κ3) is 3.54. The first-order valence-corrected chi connectivity index (χ1v) is 4.99. The van der Waals surface area contributed by atoms with Crippen LogP contribution in [0.5, 0.6) is 5.95 Å². The summed E-state index contributed by atoms with van der Waals surface area (Å²) in [4.78, 5) is 13.7. The van der Waals surface area contributed by atoms with Gasteiger partial charge in [0.2, 0.25) is 0 Å². The number of carbonyl (C=O) groups is 1. The summed E-state index contributed by atoms with van der Waals surface area (Å²) in [6.45, 7) is 2.69. The number of rotatable bonds is 5. The van der Waals surface area contributed by atoms with Crippen LogP contribution < -0.4 is 10.1 Å². The minimum Gasteiger partial charge on any atom is -0.467 e. The van der Waals surface area contributed by atoms with Crippen LogP contribution in [-0.4, -0.2) is 49.8 Å². The van der Waals surface area contributed by atoms with Gasteiger partial charge in [0.05, 0.1) is 13.2 Å². The van der Waals surface area contributed by atoms with Gasteiger partial charge in [-0.1, -0.05) is 5.16 Å². The molecule has 1 N–H and O–H groups in total. The number of amides is 1. The molecule has 1 unspecified atom stereocenters. The number of hydrogen-bond acceptors (Lipinski definition) is 5. The Morgan fingerprint density at radius 1 is 1.69 bits per heavy atom. The van der Waals surface area contributed by atoms with Crippen molar-refractivity contribution in [2.45, 2.75) is 13.0 Å². The van der Waals surface area contributed by atoms with Gasteiger partial charge in [-0.2, -0.15) is 0 Å². The van der Waals surface area contributed by atoms with E-state index in [4.69, 9.17) is 9.26 Å². The Morgan fingerprint density at radius 2 is 2.38 bits per heavy atom. The highest BCUT2D eigenvalue weighted by molar-refractivity contribution is 5.92. The molecule has 0 bridgehead atoms. The second-order valence-electron chi connectivity index (χ2n) is 3.87. The van der Waals surface area contributed by atoms with Gasteiger partial charge in [-0.3, -0.25) is 4.79 Å². The molecule has 0 fully saturated rings. The zero-order valence-corrected chi connectivity index (χ0v) is 9.98. The molecule has 0 saturated heterocycles. The topological polar surface area (TPSA) is 67.6 Å². The first-order chi connectivity index (χ1) is 7.52. The Kier molecular flexibility index (Phi) is 4.30. The second kappa shape index (κ2) is 5.50. The Labute approximate surface area is 94.5 Å². The van der Waals surface area contributed by atoms with E-state index >= 15 is 0 Å². The van der Waals surface area contributed by atoms with Crippen LogP contribution in [0.15, 0.2) is 10.6 Å². The second-order valence-corrected chi connectivity index (χ2v) is 3.87. The molecule has 16 heavy (non-hydrogen) atoms. The maximum Gasteiger partial charge on any atom is 0.311 e. The quantitative estimate of drug-likeness (QED) is 0.786. The molecular weight excluding hydrogens is 210 g/mol. The van der Waals surface area contributed by atoms with Crippen molar-refractivity contribution in [1.82, 2.24) is 15.4 Å². The Morgan fingerprint density at radius 3 is 2.88 bits per heavy atom. The number of aromatic nitrogens is 1.